The van der Waals surface area contributed by atoms with Gasteiger partial charge in [-0.15, -0.1) is 0 Å². The second-order valence-corrected chi connectivity index (χ2v) is 6.96. The van der Waals surface area contributed by atoms with Crippen LogP contribution in [-0.2, 0) is 20.9 Å². The Hall–Kier alpha value is -2.95. The highest BCUT2D eigenvalue weighted by Gasteiger charge is 2.44. The first-order chi connectivity index (χ1) is 14.9. The summed E-state index contributed by atoms with van der Waals surface area (Å²) in [4.78, 5) is 12.0. The van der Waals surface area contributed by atoms with Crippen LogP contribution in [0.2, 0.25) is 0 Å². The zero-order valence-corrected chi connectivity index (χ0v) is 16.4. The zero-order chi connectivity index (χ0) is 22.4. The first kappa shape index (κ1) is 22.7. The van der Waals surface area contributed by atoms with Crippen molar-refractivity contribution in [2.75, 3.05) is 6.61 Å². The summed E-state index contributed by atoms with van der Waals surface area (Å²) in [6, 6.07) is 12.9. The second-order valence-electron chi connectivity index (χ2n) is 6.96. The van der Waals surface area contributed by atoms with E-state index in [-0.39, 0.29) is 18.1 Å². The predicted molar refractivity (Wildman–Crippen MR) is 108 cm³/mol. The summed E-state index contributed by atoms with van der Waals surface area (Å²) in [6.45, 7) is -0.705. The van der Waals surface area contributed by atoms with E-state index in [0.29, 0.717) is 11.1 Å². The Balaban J connectivity index is 1.62. The van der Waals surface area contributed by atoms with Crippen LogP contribution in [0.15, 0.2) is 54.6 Å². The predicted octanol–water partition coefficient (Wildman–Crippen LogP) is 0.327. The maximum Gasteiger partial charge on any atom is 0.331 e. The van der Waals surface area contributed by atoms with Crippen LogP contribution in [0.25, 0.3) is 6.08 Å². The lowest BCUT2D eigenvalue weighted by Crippen LogP contribution is -2.60. The number of aromatic hydroxyl groups is 1. The van der Waals surface area contributed by atoms with Crippen LogP contribution in [0.3, 0.4) is 0 Å². The van der Waals surface area contributed by atoms with Crippen LogP contribution >= 0.6 is 0 Å². The zero-order valence-electron chi connectivity index (χ0n) is 16.4. The number of carbonyl (C=O) groups excluding carboxylic acids is 1. The number of carbonyl (C=O) groups is 1. The van der Waals surface area contributed by atoms with E-state index in [4.69, 9.17) is 14.2 Å². The average molecular weight is 432 g/mol. The normalized spacial score (nSPS) is 26.0. The first-order valence-electron chi connectivity index (χ1n) is 9.58. The summed E-state index contributed by atoms with van der Waals surface area (Å²) in [7, 11) is 0. The van der Waals surface area contributed by atoms with E-state index in [1.807, 2.05) is 0 Å². The molecule has 0 aliphatic carbocycles. The summed E-state index contributed by atoms with van der Waals surface area (Å²) in [5.41, 5.74) is 1.19. The Morgan fingerprint density at radius 3 is 2.42 bits per heavy atom. The highest BCUT2D eigenvalue weighted by Crippen LogP contribution is 2.27. The minimum Gasteiger partial charge on any atom is -0.508 e. The lowest BCUT2D eigenvalue weighted by Gasteiger charge is -2.39. The van der Waals surface area contributed by atoms with E-state index in [2.05, 4.69) is 0 Å². The molecule has 31 heavy (non-hydrogen) atoms. The highest BCUT2D eigenvalue weighted by molar-refractivity contribution is 5.87. The molecule has 0 radical (unpaired) electrons. The fourth-order valence-electron chi connectivity index (χ4n) is 2.97. The van der Waals surface area contributed by atoms with Gasteiger partial charge in [0.05, 0.1) is 6.61 Å². The van der Waals surface area contributed by atoms with Gasteiger partial charge in [-0.2, -0.15) is 0 Å². The molecule has 0 aromatic heterocycles. The van der Waals surface area contributed by atoms with E-state index in [0.717, 1.165) is 0 Å². The number of hydrogen-bond acceptors (Lipinski definition) is 9. The van der Waals surface area contributed by atoms with Crippen LogP contribution in [0.5, 0.6) is 11.5 Å². The number of ether oxygens (including phenoxy) is 3. The van der Waals surface area contributed by atoms with Gasteiger partial charge in [-0.05, 0) is 29.8 Å². The molecule has 1 aliphatic rings. The maximum absolute atomic E-state index is 12.0. The topological polar surface area (TPSA) is 146 Å². The summed E-state index contributed by atoms with van der Waals surface area (Å²) < 4.78 is 16.2. The fourth-order valence-corrected chi connectivity index (χ4v) is 2.97. The van der Waals surface area contributed by atoms with Gasteiger partial charge in [-0.25, -0.2) is 4.79 Å². The molecule has 0 spiro atoms. The van der Waals surface area contributed by atoms with Crippen molar-refractivity contribution in [1.29, 1.82) is 0 Å². The molecule has 0 bridgehead atoms. The van der Waals surface area contributed by atoms with Crippen molar-refractivity contribution in [3.05, 3.63) is 65.7 Å². The van der Waals surface area contributed by atoms with E-state index in [1.165, 1.54) is 24.3 Å². The molecular formula is C22H24O9. The van der Waals surface area contributed by atoms with E-state index < -0.39 is 43.3 Å². The monoisotopic (exact) mass is 432 g/mol. The SMILES string of the molecule is O=C(/C=C/c1ccc(O)cc1)OCc1ccccc1O[C@@H]1O[C@H](CO)[C@@H](O)[C@H](O)[C@H]1O. The van der Waals surface area contributed by atoms with Crippen LogP contribution in [0.4, 0.5) is 0 Å². The van der Waals surface area contributed by atoms with E-state index in [1.54, 1.807) is 36.4 Å². The van der Waals surface area contributed by atoms with Gasteiger partial charge in [-0.1, -0.05) is 30.3 Å². The molecular weight excluding hydrogens is 408 g/mol. The molecule has 0 amide bonds. The summed E-state index contributed by atoms with van der Waals surface area (Å²) in [6.07, 6.45) is -4.27. The third-order valence-corrected chi connectivity index (χ3v) is 4.74. The molecule has 0 saturated carbocycles. The number of hydrogen-bond donors (Lipinski definition) is 5. The summed E-state index contributed by atoms with van der Waals surface area (Å²) in [5, 5.41) is 48.4. The van der Waals surface area contributed by atoms with Gasteiger partial charge >= 0.3 is 5.97 Å². The van der Waals surface area contributed by atoms with E-state index in [9.17, 15) is 30.3 Å². The minimum atomic E-state index is -1.56. The van der Waals surface area contributed by atoms with Crippen molar-refractivity contribution in [3.8, 4) is 11.5 Å². The Kier molecular flexibility index (Phi) is 7.61. The van der Waals surface area contributed by atoms with Crippen molar-refractivity contribution in [3.63, 3.8) is 0 Å². The van der Waals surface area contributed by atoms with Crippen molar-refractivity contribution in [2.45, 2.75) is 37.3 Å². The molecule has 1 saturated heterocycles. The molecule has 2 aromatic carbocycles. The van der Waals surface area contributed by atoms with Crippen molar-refractivity contribution in [2.24, 2.45) is 0 Å². The molecule has 1 aliphatic heterocycles. The van der Waals surface area contributed by atoms with Crippen LogP contribution < -0.4 is 4.74 Å². The maximum atomic E-state index is 12.0. The lowest BCUT2D eigenvalue weighted by atomic mass is 9.99. The largest absolute Gasteiger partial charge is 0.508 e. The smallest absolute Gasteiger partial charge is 0.331 e. The molecule has 166 valence electrons. The van der Waals surface area contributed by atoms with Crippen molar-refractivity contribution in [1.82, 2.24) is 0 Å². The number of esters is 1. The highest BCUT2D eigenvalue weighted by atomic mass is 16.7. The molecule has 5 atom stereocenters. The molecule has 5 N–H and O–H groups in total. The summed E-state index contributed by atoms with van der Waals surface area (Å²) in [5.74, 6) is -0.242. The molecule has 9 nitrogen and oxygen atoms in total. The third-order valence-electron chi connectivity index (χ3n) is 4.74. The average Bonchev–Trinajstić information content (AvgIpc) is 2.78. The molecule has 3 rings (SSSR count). The van der Waals surface area contributed by atoms with Crippen molar-refractivity contribution >= 4 is 12.0 Å². The van der Waals surface area contributed by atoms with Crippen LogP contribution in [0.1, 0.15) is 11.1 Å². The van der Waals surface area contributed by atoms with Crippen LogP contribution in [-0.4, -0.2) is 68.8 Å². The standard InChI is InChI=1S/C22H24O9/c23-11-17-19(26)20(27)21(28)22(31-17)30-16-4-2-1-3-14(16)12-29-18(25)10-7-13-5-8-15(24)9-6-13/h1-10,17,19-24,26-28H,11-12H2/b10-7+/t17-,19-,20+,21-,22-/m1/s1. The molecule has 9 heteroatoms. The molecule has 1 fully saturated rings. The Morgan fingerprint density at radius 1 is 1.00 bits per heavy atom. The van der Waals surface area contributed by atoms with Gasteiger partial charge in [0, 0.05) is 11.6 Å². The van der Waals surface area contributed by atoms with Gasteiger partial charge < -0.3 is 39.7 Å². The lowest BCUT2D eigenvalue weighted by molar-refractivity contribution is -0.277. The minimum absolute atomic E-state index is 0.121. The number of benzene rings is 2. The quantitative estimate of drug-likeness (QED) is 0.308. The number of phenolic OH excluding ortho intramolecular Hbond substituents is 1. The summed E-state index contributed by atoms with van der Waals surface area (Å²) >= 11 is 0. The number of aliphatic hydroxyl groups excluding tert-OH is 4. The Labute approximate surface area is 178 Å². The first-order valence-corrected chi connectivity index (χ1v) is 9.58. The Bertz CT molecular complexity index is 894. The number of phenols is 1. The third kappa shape index (κ3) is 5.81. The van der Waals surface area contributed by atoms with Gasteiger partial charge in [-0.3, -0.25) is 0 Å². The van der Waals surface area contributed by atoms with Gasteiger partial charge in [0.1, 0.15) is 42.5 Å². The fraction of sp³-hybridized carbons (Fsp3) is 0.318. The number of rotatable bonds is 7. The Morgan fingerprint density at radius 2 is 1.71 bits per heavy atom. The van der Waals surface area contributed by atoms with E-state index >= 15 is 0 Å². The van der Waals surface area contributed by atoms with Gasteiger partial charge in [0.25, 0.3) is 0 Å². The number of para-hydroxylation sites is 1. The number of aliphatic hydroxyl groups is 4. The second kappa shape index (κ2) is 10.4. The van der Waals surface area contributed by atoms with Gasteiger partial charge in [0.15, 0.2) is 0 Å². The van der Waals surface area contributed by atoms with Crippen LogP contribution in [0, 0.1) is 0 Å². The molecule has 0 unspecified atom stereocenters. The molecule has 2 aromatic rings. The van der Waals surface area contributed by atoms with Gasteiger partial charge in [0.2, 0.25) is 6.29 Å². The molecule has 1 heterocycles. The van der Waals surface area contributed by atoms with Crippen molar-refractivity contribution < 1.29 is 44.5 Å².